The zero-order valence-electron chi connectivity index (χ0n) is 9.71. The summed E-state index contributed by atoms with van der Waals surface area (Å²) in [5.41, 5.74) is 0.869. The second-order valence-corrected chi connectivity index (χ2v) is 3.26. The summed E-state index contributed by atoms with van der Waals surface area (Å²) in [6.45, 7) is 1.36. The third-order valence-electron chi connectivity index (χ3n) is 1.91. The summed E-state index contributed by atoms with van der Waals surface area (Å²) in [6.07, 6.45) is -1.32. The van der Waals surface area contributed by atoms with Gasteiger partial charge in [0.2, 0.25) is 0 Å². The number of rotatable bonds is 5. The van der Waals surface area contributed by atoms with E-state index in [4.69, 9.17) is 4.74 Å². The second kappa shape index (κ2) is 6.65. The van der Waals surface area contributed by atoms with E-state index in [-0.39, 0.29) is 6.61 Å². The van der Waals surface area contributed by atoms with Crippen LogP contribution in [0.5, 0.6) is 0 Å². The van der Waals surface area contributed by atoms with Crippen molar-refractivity contribution in [2.75, 3.05) is 7.11 Å². The van der Waals surface area contributed by atoms with Crippen LogP contribution in [0.3, 0.4) is 0 Å². The number of carbonyl (C=O) groups is 2. The zero-order valence-corrected chi connectivity index (χ0v) is 9.71. The molecule has 0 aliphatic heterocycles. The van der Waals surface area contributed by atoms with Crippen molar-refractivity contribution in [3.63, 3.8) is 0 Å². The monoisotopic (exact) mass is 238 g/mol. The minimum absolute atomic E-state index is 0.161. The first kappa shape index (κ1) is 13.2. The minimum atomic E-state index is -1.32. The van der Waals surface area contributed by atoms with Gasteiger partial charge in [-0.05, 0) is 5.56 Å². The summed E-state index contributed by atoms with van der Waals surface area (Å²) in [5.74, 6) is -1.34. The lowest BCUT2D eigenvalue weighted by Gasteiger charge is -2.15. The number of hydrogen-bond donors (Lipinski definition) is 0. The third kappa shape index (κ3) is 4.65. The average molecular weight is 238 g/mol. The van der Waals surface area contributed by atoms with Gasteiger partial charge in [0.05, 0.1) is 13.7 Å². The highest BCUT2D eigenvalue weighted by Gasteiger charge is 2.23. The molecular weight excluding hydrogens is 224 g/mol. The van der Waals surface area contributed by atoms with Crippen LogP contribution < -0.4 is 0 Å². The summed E-state index contributed by atoms with van der Waals surface area (Å²) in [4.78, 5) is 22.0. The van der Waals surface area contributed by atoms with E-state index in [1.54, 1.807) is 0 Å². The highest BCUT2D eigenvalue weighted by molar-refractivity contribution is 5.77. The normalized spacial score (nSPS) is 11.6. The van der Waals surface area contributed by atoms with Gasteiger partial charge in [-0.1, -0.05) is 30.3 Å². The van der Waals surface area contributed by atoms with Crippen molar-refractivity contribution >= 4 is 11.9 Å². The van der Waals surface area contributed by atoms with Gasteiger partial charge in [0.1, 0.15) is 0 Å². The van der Waals surface area contributed by atoms with Crippen molar-refractivity contribution in [3.05, 3.63) is 35.9 Å². The first-order chi connectivity index (χ1) is 8.13. The van der Waals surface area contributed by atoms with Crippen molar-refractivity contribution in [3.8, 4) is 0 Å². The Morgan fingerprint density at radius 2 is 1.88 bits per heavy atom. The van der Waals surface area contributed by atoms with Crippen LogP contribution in [0, 0.1) is 0 Å². The number of hydrogen-bond acceptors (Lipinski definition) is 5. The van der Waals surface area contributed by atoms with Gasteiger partial charge in [0, 0.05) is 6.92 Å². The summed E-state index contributed by atoms with van der Waals surface area (Å²) in [7, 11) is 1.20. The number of carbonyl (C=O) groups excluding carboxylic acids is 2. The molecule has 0 radical (unpaired) electrons. The fourth-order valence-electron chi connectivity index (χ4n) is 1.14. The molecule has 0 N–H and O–H groups in total. The van der Waals surface area contributed by atoms with E-state index >= 15 is 0 Å². The van der Waals surface area contributed by atoms with Crippen molar-refractivity contribution in [1.82, 2.24) is 0 Å². The lowest BCUT2D eigenvalue weighted by atomic mass is 10.2. The van der Waals surface area contributed by atoms with Gasteiger partial charge in [0.25, 0.3) is 0 Å². The maximum atomic E-state index is 11.2. The highest BCUT2D eigenvalue weighted by Crippen LogP contribution is 2.06. The molecule has 0 unspecified atom stereocenters. The third-order valence-corrected chi connectivity index (χ3v) is 1.91. The number of benzene rings is 1. The molecule has 0 amide bonds. The Morgan fingerprint density at radius 3 is 2.41 bits per heavy atom. The van der Waals surface area contributed by atoms with Gasteiger partial charge >= 0.3 is 18.2 Å². The molecule has 17 heavy (non-hydrogen) atoms. The molecule has 92 valence electrons. The van der Waals surface area contributed by atoms with Gasteiger partial charge in [-0.15, -0.1) is 0 Å². The lowest BCUT2D eigenvalue weighted by Crippen LogP contribution is -2.30. The second-order valence-electron chi connectivity index (χ2n) is 3.26. The molecular formula is C12H14O5. The Hall–Kier alpha value is -1.88. The summed E-state index contributed by atoms with van der Waals surface area (Å²) in [6, 6.07) is 9.23. The van der Waals surface area contributed by atoms with Crippen LogP contribution in [0.15, 0.2) is 30.3 Å². The molecule has 0 spiro atoms. The molecule has 0 saturated heterocycles. The minimum Gasteiger partial charge on any atom is -0.464 e. The fraction of sp³-hybridized carbons (Fsp3) is 0.333. The predicted molar refractivity (Wildman–Crippen MR) is 58.8 cm³/mol. The van der Waals surface area contributed by atoms with Gasteiger partial charge in [0.15, 0.2) is 0 Å². The molecule has 1 aromatic rings. The summed E-state index contributed by atoms with van der Waals surface area (Å²) in [5, 5.41) is 0. The quantitative estimate of drug-likeness (QED) is 0.571. The maximum Gasteiger partial charge on any atom is 0.376 e. The van der Waals surface area contributed by atoms with Crippen LogP contribution in [-0.2, 0) is 30.4 Å². The molecule has 1 aromatic carbocycles. The van der Waals surface area contributed by atoms with Gasteiger partial charge < -0.3 is 14.2 Å². The molecule has 0 heterocycles. The lowest BCUT2D eigenvalue weighted by molar-refractivity contribution is -0.200. The Bertz CT molecular complexity index is 374. The summed E-state index contributed by atoms with van der Waals surface area (Å²) >= 11 is 0. The van der Waals surface area contributed by atoms with E-state index in [0.717, 1.165) is 5.56 Å². The smallest absolute Gasteiger partial charge is 0.376 e. The van der Waals surface area contributed by atoms with Crippen LogP contribution in [-0.4, -0.2) is 25.3 Å². The van der Waals surface area contributed by atoms with Crippen LogP contribution in [0.4, 0.5) is 0 Å². The molecule has 0 aliphatic carbocycles. The van der Waals surface area contributed by atoms with Crippen molar-refractivity contribution in [2.24, 2.45) is 0 Å². The molecule has 1 atom stereocenters. The zero-order chi connectivity index (χ0) is 12.7. The molecule has 5 nitrogen and oxygen atoms in total. The van der Waals surface area contributed by atoms with E-state index in [2.05, 4.69) is 9.47 Å². The van der Waals surface area contributed by atoms with Crippen molar-refractivity contribution in [2.45, 2.75) is 19.8 Å². The van der Waals surface area contributed by atoms with Crippen LogP contribution in [0.25, 0.3) is 0 Å². The Labute approximate surface area is 99.3 Å². The molecule has 0 aromatic heterocycles. The van der Waals surface area contributed by atoms with Gasteiger partial charge in [-0.2, -0.15) is 0 Å². The van der Waals surface area contributed by atoms with Crippen LogP contribution in [0.2, 0.25) is 0 Å². The highest BCUT2D eigenvalue weighted by atomic mass is 16.7. The molecule has 0 saturated carbocycles. The van der Waals surface area contributed by atoms with Gasteiger partial charge in [-0.25, -0.2) is 4.79 Å². The number of esters is 2. The first-order valence-corrected chi connectivity index (χ1v) is 5.04. The number of ether oxygens (including phenoxy) is 3. The Balaban J connectivity index is 2.55. The van der Waals surface area contributed by atoms with Gasteiger partial charge in [-0.3, -0.25) is 4.79 Å². The summed E-state index contributed by atoms with van der Waals surface area (Å²) < 4.78 is 14.3. The van der Waals surface area contributed by atoms with E-state index < -0.39 is 18.2 Å². The molecule has 1 rings (SSSR count). The van der Waals surface area contributed by atoms with E-state index in [9.17, 15) is 9.59 Å². The Morgan fingerprint density at radius 1 is 1.24 bits per heavy atom. The SMILES string of the molecule is COC(=O)[C@H](OCc1ccccc1)OC(C)=O. The standard InChI is InChI=1S/C12H14O5/c1-9(13)17-12(11(14)15-2)16-8-10-6-4-3-5-7-10/h3-7,12H,8H2,1-2H3/t12-/m1/s1. The van der Waals surface area contributed by atoms with Crippen molar-refractivity contribution < 1.29 is 23.8 Å². The van der Waals surface area contributed by atoms with Crippen LogP contribution >= 0.6 is 0 Å². The topological polar surface area (TPSA) is 61.8 Å². The average Bonchev–Trinajstić information content (AvgIpc) is 2.34. The first-order valence-electron chi connectivity index (χ1n) is 5.04. The van der Waals surface area contributed by atoms with E-state index in [0.29, 0.717) is 0 Å². The van der Waals surface area contributed by atoms with Crippen LogP contribution in [0.1, 0.15) is 12.5 Å². The van der Waals surface area contributed by atoms with E-state index in [1.807, 2.05) is 30.3 Å². The van der Waals surface area contributed by atoms with Crippen molar-refractivity contribution in [1.29, 1.82) is 0 Å². The molecule has 0 fully saturated rings. The largest absolute Gasteiger partial charge is 0.464 e. The number of methoxy groups -OCH3 is 1. The molecule has 5 heteroatoms. The fourth-order valence-corrected chi connectivity index (χ4v) is 1.14. The van der Waals surface area contributed by atoms with E-state index in [1.165, 1.54) is 14.0 Å². The Kier molecular flexibility index (Phi) is 5.16. The molecule has 0 bridgehead atoms. The maximum absolute atomic E-state index is 11.2. The molecule has 0 aliphatic rings. The predicted octanol–water partition coefficient (Wildman–Crippen LogP) is 1.27.